The Bertz CT molecular complexity index is 194. The zero-order valence-corrected chi connectivity index (χ0v) is 7.52. The molecule has 0 aromatic heterocycles. The Morgan fingerprint density at radius 3 is 2.38 bits per heavy atom. The highest BCUT2D eigenvalue weighted by molar-refractivity contribution is 5.82. The standard InChI is InChI=1S/C6H13N3O4/c1-9(2)13-6(11)4(7)3-5(10)12-8/h4H,3,7-8H2,1-2H3. The molecule has 1 unspecified atom stereocenters. The first kappa shape index (κ1) is 11.8. The summed E-state index contributed by atoms with van der Waals surface area (Å²) in [6.07, 6.45) is -0.302. The fraction of sp³-hybridized carbons (Fsp3) is 0.667. The van der Waals surface area contributed by atoms with Crippen molar-refractivity contribution in [3.05, 3.63) is 0 Å². The molecule has 0 aliphatic rings. The minimum absolute atomic E-state index is 0.302. The number of hydrogen-bond acceptors (Lipinski definition) is 7. The van der Waals surface area contributed by atoms with Crippen molar-refractivity contribution in [2.24, 2.45) is 11.6 Å². The molecule has 7 nitrogen and oxygen atoms in total. The molecule has 0 spiro atoms. The third-order valence-corrected chi connectivity index (χ3v) is 1.09. The molecule has 0 saturated carbocycles. The van der Waals surface area contributed by atoms with Gasteiger partial charge < -0.3 is 15.4 Å². The summed E-state index contributed by atoms with van der Waals surface area (Å²) in [5.41, 5.74) is 5.28. The van der Waals surface area contributed by atoms with E-state index >= 15 is 0 Å². The molecule has 7 heteroatoms. The molecule has 0 heterocycles. The van der Waals surface area contributed by atoms with Gasteiger partial charge in [-0.2, -0.15) is 5.90 Å². The lowest BCUT2D eigenvalue weighted by Gasteiger charge is -2.13. The van der Waals surface area contributed by atoms with E-state index in [1.54, 1.807) is 0 Å². The van der Waals surface area contributed by atoms with Gasteiger partial charge in [0.15, 0.2) is 0 Å². The van der Waals surface area contributed by atoms with Crippen molar-refractivity contribution >= 4 is 11.9 Å². The number of nitrogens with two attached hydrogens (primary N) is 2. The van der Waals surface area contributed by atoms with Gasteiger partial charge in [-0.25, -0.2) is 4.79 Å². The normalized spacial score (nSPS) is 12.4. The molecule has 0 fully saturated rings. The second kappa shape index (κ2) is 5.46. The minimum atomic E-state index is -1.06. The highest BCUT2D eigenvalue weighted by Gasteiger charge is 2.20. The summed E-state index contributed by atoms with van der Waals surface area (Å²) in [5, 5.41) is 1.18. The Balaban J connectivity index is 3.89. The predicted molar refractivity (Wildman–Crippen MR) is 42.7 cm³/mol. The van der Waals surface area contributed by atoms with Gasteiger partial charge in [0.1, 0.15) is 6.04 Å². The van der Waals surface area contributed by atoms with Gasteiger partial charge in [-0.3, -0.25) is 4.79 Å². The fourth-order valence-corrected chi connectivity index (χ4v) is 0.559. The predicted octanol–water partition coefficient (Wildman–Crippen LogP) is -1.86. The van der Waals surface area contributed by atoms with E-state index in [-0.39, 0.29) is 6.42 Å². The summed E-state index contributed by atoms with van der Waals surface area (Å²) in [6.45, 7) is 0. The number of carbonyl (C=O) groups excluding carboxylic acids is 2. The van der Waals surface area contributed by atoms with E-state index in [0.717, 1.165) is 0 Å². The maximum atomic E-state index is 11.0. The van der Waals surface area contributed by atoms with Gasteiger partial charge in [0.2, 0.25) is 0 Å². The smallest absolute Gasteiger partial charge is 0.342 e. The maximum Gasteiger partial charge on any atom is 0.342 e. The average Bonchev–Trinajstić information content (AvgIpc) is 2.02. The third kappa shape index (κ3) is 5.12. The van der Waals surface area contributed by atoms with Crippen LogP contribution in [0.4, 0.5) is 0 Å². The Kier molecular flexibility index (Phi) is 4.97. The highest BCUT2D eigenvalue weighted by Crippen LogP contribution is 1.94. The first-order valence-corrected chi connectivity index (χ1v) is 3.51. The fourth-order valence-electron chi connectivity index (χ4n) is 0.559. The van der Waals surface area contributed by atoms with E-state index < -0.39 is 18.0 Å². The molecule has 13 heavy (non-hydrogen) atoms. The Morgan fingerprint density at radius 1 is 1.46 bits per heavy atom. The molecular weight excluding hydrogens is 178 g/mol. The van der Waals surface area contributed by atoms with Crippen LogP contribution in [0.1, 0.15) is 6.42 Å². The Labute approximate surface area is 75.5 Å². The van der Waals surface area contributed by atoms with Crippen LogP contribution in [0, 0.1) is 0 Å². The first-order chi connectivity index (χ1) is 5.97. The van der Waals surface area contributed by atoms with Crippen molar-refractivity contribution in [2.45, 2.75) is 12.5 Å². The molecule has 4 N–H and O–H groups in total. The van der Waals surface area contributed by atoms with E-state index in [1.807, 2.05) is 0 Å². The molecule has 0 radical (unpaired) electrons. The lowest BCUT2D eigenvalue weighted by molar-refractivity contribution is -0.181. The van der Waals surface area contributed by atoms with Crippen LogP contribution in [0.15, 0.2) is 0 Å². The van der Waals surface area contributed by atoms with Gasteiger partial charge in [0, 0.05) is 14.1 Å². The molecule has 0 rings (SSSR count). The monoisotopic (exact) mass is 191 g/mol. The van der Waals surface area contributed by atoms with Crippen molar-refractivity contribution in [3.63, 3.8) is 0 Å². The molecule has 76 valence electrons. The summed E-state index contributed by atoms with van der Waals surface area (Å²) in [7, 11) is 3.04. The number of hydrogen-bond donors (Lipinski definition) is 2. The Morgan fingerprint density at radius 2 is 2.00 bits per heavy atom. The van der Waals surface area contributed by atoms with Crippen LogP contribution >= 0.6 is 0 Å². The average molecular weight is 191 g/mol. The number of carbonyl (C=O) groups is 2. The van der Waals surface area contributed by atoms with E-state index in [9.17, 15) is 9.59 Å². The molecule has 0 aromatic carbocycles. The molecule has 0 aliphatic heterocycles. The first-order valence-electron chi connectivity index (χ1n) is 3.51. The van der Waals surface area contributed by atoms with Gasteiger partial charge >= 0.3 is 11.9 Å². The van der Waals surface area contributed by atoms with Crippen molar-refractivity contribution in [3.8, 4) is 0 Å². The lowest BCUT2D eigenvalue weighted by Crippen LogP contribution is -2.38. The van der Waals surface area contributed by atoms with Crippen molar-refractivity contribution in [1.29, 1.82) is 0 Å². The third-order valence-electron chi connectivity index (χ3n) is 1.09. The van der Waals surface area contributed by atoms with E-state index in [2.05, 4.69) is 15.6 Å². The van der Waals surface area contributed by atoms with Crippen LogP contribution in [-0.4, -0.2) is 37.1 Å². The van der Waals surface area contributed by atoms with Crippen LogP contribution in [0.2, 0.25) is 0 Å². The largest absolute Gasteiger partial charge is 0.373 e. The SMILES string of the molecule is CN(C)OC(=O)C(N)CC(=O)ON. The van der Waals surface area contributed by atoms with Crippen LogP contribution in [0.5, 0.6) is 0 Å². The summed E-state index contributed by atoms with van der Waals surface area (Å²) < 4.78 is 0. The van der Waals surface area contributed by atoms with Crippen LogP contribution in [-0.2, 0) is 19.3 Å². The zero-order valence-electron chi connectivity index (χ0n) is 7.52. The summed E-state index contributed by atoms with van der Waals surface area (Å²) >= 11 is 0. The molecule has 0 amide bonds. The lowest BCUT2D eigenvalue weighted by atomic mass is 10.2. The summed E-state index contributed by atoms with van der Waals surface area (Å²) in [6, 6.07) is -1.06. The second-order valence-electron chi connectivity index (χ2n) is 2.52. The van der Waals surface area contributed by atoms with Gasteiger partial charge in [-0.15, -0.1) is 5.06 Å². The maximum absolute atomic E-state index is 11.0. The van der Waals surface area contributed by atoms with E-state index in [4.69, 9.17) is 5.73 Å². The summed E-state index contributed by atoms with van der Waals surface area (Å²) in [5.74, 6) is 3.08. The van der Waals surface area contributed by atoms with E-state index in [1.165, 1.54) is 19.2 Å². The van der Waals surface area contributed by atoms with Crippen LogP contribution in [0.25, 0.3) is 0 Å². The van der Waals surface area contributed by atoms with E-state index in [0.29, 0.717) is 0 Å². The number of hydroxylamine groups is 2. The van der Waals surface area contributed by atoms with Gasteiger partial charge in [-0.1, -0.05) is 0 Å². The molecule has 1 atom stereocenters. The number of rotatable bonds is 4. The van der Waals surface area contributed by atoms with Gasteiger partial charge in [0.25, 0.3) is 0 Å². The molecular formula is C6H13N3O4. The van der Waals surface area contributed by atoms with Crippen molar-refractivity contribution < 1.29 is 19.3 Å². The number of nitrogens with zero attached hydrogens (tertiary/aromatic N) is 1. The van der Waals surface area contributed by atoms with Crippen molar-refractivity contribution in [2.75, 3.05) is 14.1 Å². The molecule has 0 saturated heterocycles. The van der Waals surface area contributed by atoms with Crippen LogP contribution < -0.4 is 11.6 Å². The summed E-state index contributed by atoms with van der Waals surface area (Å²) in [4.78, 5) is 29.9. The minimum Gasteiger partial charge on any atom is -0.373 e. The second-order valence-corrected chi connectivity index (χ2v) is 2.52. The van der Waals surface area contributed by atoms with Gasteiger partial charge in [-0.05, 0) is 0 Å². The Hall–Kier alpha value is -1.18. The van der Waals surface area contributed by atoms with Crippen molar-refractivity contribution in [1.82, 2.24) is 5.06 Å². The van der Waals surface area contributed by atoms with Gasteiger partial charge in [0.05, 0.1) is 6.42 Å². The topological polar surface area (TPSA) is 108 Å². The quantitative estimate of drug-likeness (QED) is 0.501. The molecule has 0 aliphatic carbocycles. The van der Waals surface area contributed by atoms with Crippen LogP contribution in [0.3, 0.4) is 0 Å². The molecule has 0 bridgehead atoms. The molecule has 0 aromatic rings. The zero-order chi connectivity index (χ0) is 10.4. The highest BCUT2D eigenvalue weighted by atomic mass is 16.7.